The fraction of sp³-hybridized carbons (Fsp3) is 0.182. The monoisotopic (exact) mass is 231 g/mol. The predicted molar refractivity (Wildman–Crippen MR) is 64.6 cm³/mol. The molecule has 0 spiro atoms. The van der Waals surface area contributed by atoms with Crippen LogP contribution in [-0.2, 0) is 6.54 Å². The first-order chi connectivity index (χ1) is 8.28. The van der Waals surface area contributed by atoms with E-state index in [1.54, 1.807) is 19.5 Å². The van der Waals surface area contributed by atoms with E-state index in [4.69, 9.17) is 10.5 Å². The SMILES string of the molecule is COc1cc(CNc2cncc(N)n2)ccn1. The van der Waals surface area contributed by atoms with Gasteiger partial charge in [-0.1, -0.05) is 0 Å². The van der Waals surface area contributed by atoms with Crippen molar-refractivity contribution in [3.63, 3.8) is 0 Å². The minimum absolute atomic E-state index is 0.391. The minimum Gasteiger partial charge on any atom is -0.481 e. The van der Waals surface area contributed by atoms with E-state index >= 15 is 0 Å². The number of nitrogens with two attached hydrogens (primary N) is 1. The van der Waals surface area contributed by atoms with Gasteiger partial charge in [-0.05, 0) is 11.6 Å². The van der Waals surface area contributed by atoms with Gasteiger partial charge in [0.1, 0.15) is 11.6 Å². The fourth-order valence-corrected chi connectivity index (χ4v) is 1.33. The molecule has 2 rings (SSSR count). The molecule has 0 fully saturated rings. The van der Waals surface area contributed by atoms with Crippen LogP contribution in [0.3, 0.4) is 0 Å². The number of nitrogens with zero attached hydrogens (tertiary/aromatic N) is 3. The molecule has 0 aromatic carbocycles. The largest absolute Gasteiger partial charge is 0.481 e. The Labute approximate surface area is 98.9 Å². The number of rotatable bonds is 4. The molecule has 0 unspecified atom stereocenters. The van der Waals surface area contributed by atoms with Gasteiger partial charge in [0.2, 0.25) is 5.88 Å². The molecule has 17 heavy (non-hydrogen) atoms. The van der Waals surface area contributed by atoms with Crippen molar-refractivity contribution >= 4 is 11.6 Å². The van der Waals surface area contributed by atoms with Crippen LogP contribution in [0.15, 0.2) is 30.7 Å². The highest BCUT2D eigenvalue weighted by Crippen LogP contribution is 2.10. The van der Waals surface area contributed by atoms with Crippen molar-refractivity contribution in [2.75, 3.05) is 18.2 Å². The molecule has 6 nitrogen and oxygen atoms in total. The summed E-state index contributed by atoms with van der Waals surface area (Å²) in [5, 5.41) is 3.12. The zero-order valence-corrected chi connectivity index (χ0v) is 9.42. The molecule has 3 N–H and O–H groups in total. The smallest absolute Gasteiger partial charge is 0.213 e. The van der Waals surface area contributed by atoms with Crippen molar-refractivity contribution in [1.29, 1.82) is 0 Å². The maximum Gasteiger partial charge on any atom is 0.213 e. The summed E-state index contributed by atoms with van der Waals surface area (Å²) in [7, 11) is 1.59. The molecular formula is C11H13N5O. The molecular weight excluding hydrogens is 218 g/mol. The van der Waals surface area contributed by atoms with Crippen molar-refractivity contribution in [2.24, 2.45) is 0 Å². The molecule has 0 saturated carbocycles. The summed E-state index contributed by atoms with van der Waals surface area (Å²) in [5.74, 6) is 1.62. The molecule has 2 aromatic rings. The predicted octanol–water partition coefficient (Wildman–Crippen LogP) is 1.07. The lowest BCUT2D eigenvalue weighted by molar-refractivity contribution is 0.397. The van der Waals surface area contributed by atoms with Crippen molar-refractivity contribution in [3.05, 3.63) is 36.3 Å². The molecule has 2 heterocycles. The Kier molecular flexibility index (Phi) is 3.34. The van der Waals surface area contributed by atoms with E-state index in [0.29, 0.717) is 24.1 Å². The van der Waals surface area contributed by atoms with Crippen LogP contribution in [0.2, 0.25) is 0 Å². The average Bonchev–Trinajstić information content (AvgIpc) is 2.37. The van der Waals surface area contributed by atoms with Gasteiger partial charge in [-0.3, -0.25) is 4.98 Å². The Bertz CT molecular complexity index is 503. The molecule has 0 atom stereocenters. The molecule has 0 aliphatic rings. The van der Waals surface area contributed by atoms with Crippen LogP contribution in [0.25, 0.3) is 0 Å². The Morgan fingerprint density at radius 1 is 1.41 bits per heavy atom. The maximum atomic E-state index is 5.53. The Morgan fingerprint density at radius 2 is 2.29 bits per heavy atom. The molecule has 0 bridgehead atoms. The second-order valence-corrected chi connectivity index (χ2v) is 3.39. The highest BCUT2D eigenvalue weighted by atomic mass is 16.5. The molecule has 2 aromatic heterocycles. The molecule has 88 valence electrons. The Hall–Kier alpha value is -2.37. The van der Waals surface area contributed by atoms with Crippen LogP contribution in [0.4, 0.5) is 11.6 Å². The van der Waals surface area contributed by atoms with Gasteiger partial charge >= 0.3 is 0 Å². The van der Waals surface area contributed by atoms with Crippen molar-refractivity contribution in [2.45, 2.75) is 6.54 Å². The summed E-state index contributed by atoms with van der Waals surface area (Å²) >= 11 is 0. The summed E-state index contributed by atoms with van der Waals surface area (Å²) in [6.45, 7) is 0.608. The lowest BCUT2D eigenvalue weighted by atomic mass is 10.2. The normalized spacial score (nSPS) is 9.94. The molecule has 0 radical (unpaired) electrons. The van der Waals surface area contributed by atoms with Gasteiger partial charge in [-0.2, -0.15) is 0 Å². The number of hydrogen-bond donors (Lipinski definition) is 2. The molecule has 0 saturated heterocycles. The number of hydrogen-bond acceptors (Lipinski definition) is 6. The van der Waals surface area contributed by atoms with Crippen LogP contribution >= 0.6 is 0 Å². The van der Waals surface area contributed by atoms with Gasteiger partial charge in [-0.25, -0.2) is 9.97 Å². The first kappa shape index (κ1) is 11.1. The van der Waals surface area contributed by atoms with Gasteiger partial charge in [0, 0.05) is 18.8 Å². The lowest BCUT2D eigenvalue weighted by Gasteiger charge is -2.06. The standard InChI is InChI=1S/C11H13N5O/c1-17-11-4-8(2-3-14-11)5-15-10-7-13-6-9(12)16-10/h2-4,6-7H,5H2,1H3,(H3,12,15,16). The van der Waals surface area contributed by atoms with E-state index < -0.39 is 0 Å². The fourth-order valence-electron chi connectivity index (χ4n) is 1.33. The number of nitrogen functional groups attached to an aromatic ring is 1. The number of nitrogens with one attached hydrogen (secondary N) is 1. The van der Waals surface area contributed by atoms with Gasteiger partial charge in [0.05, 0.1) is 19.5 Å². The lowest BCUT2D eigenvalue weighted by Crippen LogP contribution is -2.04. The third-order valence-electron chi connectivity index (χ3n) is 2.14. The number of aromatic nitrogens is 3. The summed E-state index contributed by atoms with van der Waals surface area (Å²) in [6.07, 6.45) is 4.82. The zero-order valence-electron chi connectivity index (χ0n) is 9.42. The van der Waals surface area contributed by atoms with Crippen LogP contribution in [0.1, 0.15) is 5.56 Å². The topological polar surface area (TPSA) is 86.0 Å². The number of methoxy groups -OCH3 is 1. The van der Waals surface area contributed by atoms with Gasteiger partial charge in [-0.15, -0.1) is 0 Å². The second-order valence-electron chi connectivity index (χ2n) is 3.39. The van der Waals surface area contributed by atoms with Gasteiger partial charge in [0.15, 0.2) is 0 Å². The zero-order chi connectivity index (χ0) is 12.1. The van der Waals surface area contributed by atoms with E-state index in [0.717, 1.165) is 5.56 Å². The van der Waals surface area contributed by atoms with E-state index in [9.17, 15) is 0 Å². The van der Waals surface area contributed by atoms with Crippen LogP contribution < -0.4 is 15.8 Å². The first-order valence-electron chi connectivity index (χ1n) is 5.08. The van der Waals surface area contributed by atoms with Crippen molar-refractivity contribution in [1.82, 2.24) is 15.0 Å². The van der Waals surface area contributed by atoms with Gasteiger partial charge < -0.3 is 15.8 Å². The second kappa shape index (κ2) is 5.11. The summed E-state index contributed by atoms with van der Waals surface area (Å²) in [4.78, 5) is 12.1. The van der Waals surface area contributed by atoms with Crippen LogP contribution in [0, 0.1) is 0 Å². The van der Waals surface area contributed by atoms with E-state index in [1.807, 2.05) is 12.1 Å². The number of anilines is 2. The average molecular weight is 231 g/mol. The van der Waals surface area contributed by atoms with Gasteiger partial charge in [0.25, 0.3) is 0 Å². The van der Waals surface area contributed by atoms with Crippen molar-refractivity contribution < 1.29 is 4.74 Å². The van der Waals surface area contributed by atoms with E-state index in [1.165, 1.54) is 6.20 Å². The summed E-state index contributed by atoms with van der Waals surface area (Å²) < 4.78 is 5.04. The highest BCUT2D eigenvalue weighted by molar-refractivity contribution is 5.39. The Morgan fingerprint density at radius 3 is 3.06 bits per heavy atom. The molecule has 6 heteroatoms. The Balaban J connectivity index is 2.02. The third-order valence-corrected chi connectivity index (χ3v) is 2.14. The molecule has 0 aliphatic carbocycles. The maximum absolute atomic E-state index is 5.53. The highest BCUT2D eigenvalue weighted by Gasteiger charge is 1.99. The quantitative estimate of drug-likeness (QED) is 0.818. The van der Waals surface area contributed by atoms with Crippen LogP contribution in [0.5, 0.6) is 5.88 Å². The summed E-state index contributed by atoms with van der Waals surface area (Å²) in [6, 6.07) is 3.75. The van der Waals surface area contributed by atoms with E-state index in [-0.39, 0.29) is 0 Å². The molecule has 0 amide bonds. The number of ether oxygens (including phenoxy) is 1. The van der Waals surface area contributed by atoms with E-state index in [2.05, 4.69) is 20.3 Å². The van der Waals surface area contributed by atoms with Crippen molar-refractivity contribution in [3.8, 4) is 5.88 Å². The first-order valence-corrected chi connectivity index (χ1v) is 5.08. The van der Waals surface area contributed by atoms with Crippen LogP contribution in [-0.4, -0.2) is 22.1 Å². The molecule has 0 aliphatic heterocycles. The number of pyridine rings is 1. The third kappa shape index (κ3) is 3.04. The summed E-state index contributed by atoms with van der Waals surface area (Å²) in [5.41, 5.74) is 6.57. The minimum atomic E-state index is 0.391.